The summed E-state index contributed by atoms with van der Waals surface area (Å²) in [6.07, 6.45) is 3.49. The van der Waals surface area contributed by atoms with E-state index in [1.165, 1.54) is 24.7 Å². The zero-order chi connectivity index (χ0) is 30.6. The lowest BCUT2D eigenvalue weighted by Gasteiger charge is -2.26. The van der Waals surface area contributed by atoms with Crippen molar-refractivity contribution in [3.63, 3.8) is 0 Å². The molecule has 8 N–H and O–H groups in total. The molecule has 0 aliphatic rings. The molecule has 0 bridgehead atoms. The zero-order valence-electron chi connectivity index (χ0n) is 23.6. The Morgan fingerprint density at radius 2 is 1.40 bits per heavy atom. The number of benzene rings is 2. The van der Waals surface area contributed by atoms with Crippen molar-refractivity contribution in [2.45, 2.75) is 63.7 Å². The summed E-state index contributed by atoms with van der Waals surface area (Å²) in [5, 5.41) is 27.2. The van der Waals surface area contributed by atoms with E-state index in [-0.39, 0.29) is 37.4 Å². The van der Waals surface area contributed by atoms with Gasteiger partial charge in [-0.15, -0.1) is 0 Å². The Balaban J connectivity index is 1.73. The molecule has 12 heteroatoms. The molecule has 4 unspecified atom stereocenters. The predicted molar refractivity (Wildman–Crippen MR) is 155 cm³/mol. The first-order valence-corrected chi connectivity index (χ1v) is 13.7. The summed E-state index contributed by atoms with van der Waals surface area (Å²) < 4.78 is 0. The molecular formula is C30H38N6O6. The van der Waals surface area contributed by atoms with E-state index in [0.29, 0.717) is 11.3 Å². The fourth-order valence-electron chi connectivity index (χ4n) is 4.38. The highest BCUT2D eigenvalue weighted by Crippen LogP contribution is 2.13. The molecule has 2 aromatic carbocycles. The second-order valence-electron chi connectivity index (χ2n) is 10.6. The van der Waals surface area contributed by atoms with Gasteiger partial charge in [-0.1, -0.05) is 56.3 Å². The van der Waals surface area contributed by atoms with Crippen LogP contribution in [0.2, 0.25) is 0 Å². The van der Waals surface area contributed by atoms with Gasteiger partial charge in [-0.05, 0) is 42.0 Å². The van der Waals surface area contributed by atoms with Crippen molar-refractivity contribution in [2.24, 2.45) is 11.7 Å². The molecule has 0 saturated carbocycles. The Morgan fingerprint density at radius 3 is 2.00 bits per heavy atom. The Bertz CT molecular complexity index is 1310. The molecule has 1 heterocycles. The van der Waals surface area contributed by atoms with E-state index in [0.717, 1.165) is 5.56 Å². The number of amides is 3. The first-order chi connectivity index (χ1) is 20.0. The fourth-order valence-corrected chi connectivity index (χ4v) is 4.38. The lowest BCUT2D eigenvalue weighted by molar-refractivity contribution is -0.142. The number of nitrogens with one attached hydrogen (secondary N) is 4. The summed E-state index contributed by atoms with van der Waals surface area (Å²) >= 11 is 0. The second-order valence-corrected chi connectivity index (χ2v) is 10.6. The molecule has 224 valence electrons. The van der Waals surface area contributed by atoms with Gasteiger partial charge < -0.3 is 36.9 Å². The molecule has 0 aliphatic carbocycles. The molecule has 3 amide bonds. The van der Waals surface area contributed by atoms with Gasteiger partial charge in [0.25, 0.3) is 0 Å². The largest absolute Gasteiger partial charge is 0.508 e. The molecule has 1 aromatic heterocycles. The number of nitrogens with two attached hydrogens (primary N) is 1. The van der Waals surface area contributed by atoms with E-state index in [9.17, 15) is 29.4 Å². The molecule has 0 spiro atoms. The third kappa shape index (κ3) is 10.0. The number of carboxylic acids is 1. The summed E-state index contributed by atoms with van der Waals surface area (Å²) in [6, 6.07) is 10.9. The maximum atomic E-state index is 13.5. The number of phenols is 1. The average Bonchev–Trinajstić information content (AvgIpc) is 3.46. The van der Waals surface area contributed by atoms with E-state index >= 15 is 0 Å². The van der Waals surface area contributed by atoms with Crippen molar-refractivity contribution in [1.29, 1.82) is 0 Å². The number of aromatic amines is 1. The van der Waals surface area contributed by atoms with Crippen LogP contribution in [0.4, 0.5) is 0 Å². The van der Waals surface area contributed by atoms with Gasteiger partial charge >= 0.3 is 5.97 Å². The summed E-state index contributed by atoms with van der Waals surface area (Å²) in [6.45, 7) is 3.73. The number of hydrogen-bond donors (Lipinski definition) is 7. The number of carbonyl (C=O) groups is 4. The first-order valence-electron chi connectivity index (χ1n) is 13.7. The molecule has 4 atom stereocenters. The Hall–Kier alpha value is -4.71. The summed E-state index contributed by atoms with van der Waals surface area (Å²) in [5.41, 5.74) is 8.18. The summed E-state index contributed by atoms with van der Waals surface area (Å²) in [7, 11) is 0. The number of aromatic hydroxyl groups is 1. The summed E-state index contributed by atoms with van der Waals surface area (Å²) in [5.74, 6) is -3.08. The van der Waals surface area contributed by atoms with Crippen LogP contribution in [0.5, 0.6) is 5.75 Å². The number of hydrogen-bond acceptors (Lipinski definition) is 7. The molecular weight excluding hydrogens is 540 g/mol. The number of imidazole rings is 1. The number of nitrogens with zero attached hydrogens (tertiary/aromatic N) is 1. The number of phenolic OH excluding ortho intramolecular Hbond substituents is 1. The van der Waals surface area contributed by atoms with Crippen molar-refractivity contribution >= 4 is 23.7 Å². The van der Waals surface area contributed by atoms with E-state index in [4.69, 9.17) is 5.73 Å². The van der Waals surface area contributed by atoms with Gasteiger partial charge in [0.2, 0.25) is 17.7 Å². The zero-order valence-corrected chi connectivity index (χ0v) is 23.6. The minimum Gasteiger partial charge on any atom is -0.508 e. The minimum atomic E-state index is -1.27. The van der Waals surface area contributed by atoms with Gasteiger partial charge in [-0.25, -0.2) is 9.78 Å². The van der Waals surface area contributed by atoms with E-state index in [1.807, 2.05) is 44.2 Å². The van der Waals surface area contributed by atoms with Gasteiger partial charge in [-0.3, -0.25) is 14.4 Å². The van der Waals surface area contributed by atoms with E-state index in [2.05, 4.69) is 25.9 Å². The normalized spacial score (nSPS) is 13.9. The van der Waals surface area contributed by atoms with Crippen molar-refractivity contribution < 1.29 is 29.4 Å². The smallest absolute Gasteiger partial charge is 0.326 e. The SMILES string of the molecule is CC(C)CC(NC(=O)C(Cc1cnc[nH]1)NC(=O)C(N)Cc1ccccc1)C(=O)NC(Cc1ccc(O)cc1)C(=O)O. The minimum absolute atomic E-state index is 0.0263. The molecule has 0 aliphatic heterocycles. The monoisotopic (exact) mass is 578 g/mol. The van der Waals surface area contributed by atoms with Gasteiger partial charge in [0.05, 0.1) is 12.4 Å². The average molecular weight is 579 g/mol. The van der Waals surface area contributed by atoms with Crippen LogP contribution in [0.1, 0.15) is 37.1 Å². The maximum absolute atomic E-state index is 13.5. The standard InChI is InChI=1S/C30H38N6O6/c1-18(2)12-24(28(39)36-26(30(41)42)14-20-8-10-22(37)11-9-20)35-29(40)25(15-21-16-32-17-33-21)34-27(38)23(31)13-19-6-4-3-5-7-19/h3-11,16-18,23-26,37H,12-15,31H2,1-2H3,(H,32,33)(H,34,38)(H,35,40)(H,36,39)(H,41,42). The lowest BCUT2D eigenvalue weighted by Crippen LogP contribution is -2.58. The third-order valence-corrected chi connectivity index (χ3v) is 6.58. The lowest BCUT2D eigenvalue weighted by atomic mass is 10.0. The van der Waals surface area contributed by atoms with Crippen LogP contribution in [0.3, 0.4) is 0 Å². The van der Waals surface area contributed by atoms with Crippen LogP contribution in [-0.2, 0) is 38.4 Å². The Kier molecular flexibility index (Phi) is 11.6. The van der Waals surface area contributed by atoms with Crippen LogP contribution < -0.4 is 21.7 Å². The Labute approximate surface area is 244 Å². The van der Waals surface area contributed by atoms with E-state index in [1.54, 1.807) is 12.1 Å². The first kappa shape index (κ1) is 31.8. The fraction of sp³-hybridized carbons (Fsp3) is 0.367. The topological polar surface area (TPSA) is 200 Å². The van der Waals surface area contributed by atoms with Crippen LogP contribution in [0.15, 0.2) is 67.1 Å². The van der Waals surface area contributed by atoms with Gasteiger partial charge in [0.15, 0.2) is 0 Å². The van der Waals surface area contributed by atoms with Gasteiger partial charge in [0.1, 0.15) is 23.9 Å². The Morgan fingerprint density at radius 1 is 0.810 bits per heavy atom. The molecule has 3 aromatic rings. The van der Waals surface area contributed by atoms with Crippen LogP contribution >= 0.6 is 0 Å². The molecule has 3 rings (SSSR count). The van der Waals surface area contributed by atoms with Crippen LogP contribution in [0.25, 0.3) is 0 Å². The maximum Gasteiger partial charge on any atom is 0.326 e. The van der Waals surface area contributed by atoms with Crippen molar-refractivity contribution in [3.05, 3.63) is 83.9 Å². The highest BCUT2D eigenvalue weighted by Gasteiger charge is 2.31. The van der Waals surface area contributed by atoms with Crippen molar-refractivity contribution in [2.75, 3.05) is 0 Å². The number of rotatable bonds is 15. The number of aromatic nitrogens is 2. The third-order valence-electron chi connectivity index (χ3n) is 6.58. The van der Waals surface area contributed by atoms with Crippen LogP contribution in [0, 0.1) is 5.92 Å². The number of carbonyl (C=O) groups excluding carboxylic acids is 3. The van der Waals surface area contributed by atoms with Crippen molar-refractivity contribution in [1.82, 2.24) is 25.9 Å². The van der Waals surface area contributed by atoms with E-state index < -0.39 is 47.9 Å². The highest BCUT2D eigenvalue weighted by atomic mass is 16.4. The molecule has 0 fully saturated rings. The quantitative estimate of drug-likeness (QED) is 0.139. The van der Waals surface area contributed by atoms with Crippen LogP contribution in [-0.4, -0.2) is 68.0 Å². The predicted octanol–water partition coefficient (Wildman–Crippen LogP) is 1.06. The summed E-state index contributed by atoms with van der Waals surface area (Å²) in [4.78, 5) is 58.6. The highest BCUT2D eigenvalue weighted by molar-refractivity contribution is 5.94. The number of carboxylic acid groups (broad SMARTS) is 1. The van der Waals surface area contributed by atoms with Gasteiger partial charge in [0, 0.05) is 24.7 Å². The molecule has 0 saturated heterocycles. The number of aliphatic carboxylic acids is 1. The molecule has 0 radical (unpaired) electrons. The van der Waals surface area contributed by atoms with Crippen molar-refractivity contribution in [3.8, 4) is 5.75 Å². The molecule has 12 nitrogen and oxygen atoms in total. The molecule has 42 heavy (non-hydrogen) atoms. The van der Waals surface area contributed by atoms with Gasteiger partial charge in [-0.2, -0.15) is 0 Å². The second kappa shape index (κ2) is 15.3. The number of H-pyrrole nitrogens is 1.